The third kappa shape index (κ3) is 4.42. The lowest BCUT2D eigenvalue weighted by atomic mass is 9.65. The number of nitrogens with two attached hydrogens (primary N) is 1. The molecule has 1 saturated heterocycles. The van der Waals surface area contributed by atoms with E-state index in [0.717, 1.165) is 38.5 Å². The molecule has 3 atom stereocenters. The maximum Gasteiger partial charge on any atom is 0.223 e. The number of rotatable bonds is 3. The molecule has 0 spiro atoms. The van der Waals surface area contributed by atoms with Crippen LogP contribution in [0.25, 0.3) is 0 Å². The van der Waals surface area contributed by atoms with Crippen LogP contribution in [0.1, 0.15) is 44.9 Å². The third-order valence-electron chi connectivity index (χ3n) is 5.98. The van der Waals surface area contributed by atoms with Gasteiger partial charge in [0, 0.05) is 31.1 Å². The molecule has 1 aliphatic heterocycles. The summed E-state index contributed by atoms with van der Waals surface area (Å²) in [5.74, 6) is 1.13. The van der Waals surface area contributed by atoms with E-state index in [2.05, 4.69) is 5.32 Å². The summed E-state index contributed by atoms with van der Waals surface area (Å²) in [6, 6.07) is 0.213. The number of piperidine rings is 1. The van der Waals surface area contributed by atoms with Gasteiger partial charge in [0.25, 0.3) is 0 Å². The summed E-state index contributed by atoms with van der Waals surface area (Å²) < 4.78 is 24.9. The quantitative estimate of drug-likeness (QED) is 0.768. The van der Waals surface area contributed by atoms with Crippen LogP contribution < -0.4 is 11.1 Å². The zero-order chi connectivity index (χ0) is 16.6. The second-order valence-electron chi connectivity index (χ2n) is 7.67. The molecule has 6 nitrogen and oxygen atoms in total. The van der Waals surface area contributed by atoms with Gasteiger partial charge in [-0.3, -0.25) is 4.79 Å². The zero-order valence-corrected chi connectivity index (χ0v) is 15.9. The molecular weight excluding hydrogens is 350 g/mol. The minimum absolute atomic E-state index is 0. The van der Waals surface area contributed by atoms with E-state index in [1.54, 1.807) is 0 Å². The summed E-state index contributed by atoms with van der Waals surface area (Å²) in [5.41, 5.74) is 6.29. The molecule has 0 aromatic heterocycles. The van der Waals surface area contributed by atoms with Crippen LogP contribution in [0.5, 0.6) is 0 Å². The first-order valence-corrected chi connectivity index (χ1v) is 10.7. The molecule has 8 heteroatoms. The molecule has 3 N–H and O–H groups in total. The van der Waals surface area contributed by atoms with Crippen molar-refractivity contribution in [3.8, 4) is 0 Å². The SMILES string of the molecule is CS(=O)(=O)N1CCCC(NC(=O)C2CC3CCCC(C2)C3N)C1.Cl. The Morgan fingerprint density at radius 3 is 2.33 bits per heavy atom. The van der Waals surface area contributed by atoms with Gasteiger partial charge in [0.2, 0.25) is 15.9 Å². The summed E-state index contributed by atoms with van der Waals surface area (Å²) in [6.45, 7) is 0.970. The first kappa shape index (κ1) is 19.9. The minimum atomic E-state index is -3.17. The predicted octanol–water partition coefficient (Wildman–Crippen LogP) is 1.10. The predicted molar refractivity (Wildman–Crippen MR) is 96.4 cm³/mol. The monoisotopic (exact) mass is 379 g/mol. The van der Waals surface area contributed by atoms with E-state index < -0.39 is 10.0 Å². The number of hydrogen-bond donors (Lipinski definition) is 2. The van der Waals surface area contributed by atoms with Crippen LogP contribution in [0.4, 0.5) is 0 Å². The lowest BCUT2D eigenvalue weighted by Gasteiger charge is -2.44. The fraction of sp³-hybridized carbons (Fsp3) is 0.938. The van der Waals surface area contributed by atoms with E-state index in [1.807, 2.05) is 0 Å². The Bertz CT molecular complexity index is 543. The molecule has 1 heterocycles. The summed E-state index contributed by atoms with van der Waals surface area (Å²) >= 11 is 0. The Morgan fingerprint density at radius 2 is 1.75 bits per heavy atom. The fourth-order valence-electron chi connectivity index (χ4n) is 4.68. The number of carbonyl (C=O) groups excluding carboxylic acids is 1. The summed E-state index contributed by atoms with van der Waals surface area (Å²) in [6.07, 6.45) is 8.22. The molecule has 140 valence electrons. The summed E-state index contributed by atoms with van der Waals surface area (Å²) in [7, 11) is -3.17. The van der Waals surface area contributed by atoms with Gasteiger partial charge in [0.05, 0.1) is 6.26 Å². The van der Waals surface area contributed by atoms with Crippen molar-refractivity contribution in [2.45, 2.75) is 57.0 Å². The van der Waals surface area contributed by atoms with Gasteiger partial charge in [-0.1, -0.05) is 6.42 Å². The topological polar surface area (TPSA) is 92.5 Å². The smallest absolute Gasteiger partial charge is 0.223 e. The molecule has 0 radical (unpaired) electrons. The fourth-order valence-corrected chi connectivity index (χ4v) is 5.60. The lowest BCUT2D eigenvalue weighted by molar-refractivity contribution is -0.128. The molecule has 3 rings (SSSR count). The molecule has 3 aliphatic rings. The summed E-state index contributed by atoms with van der Waals surface area (Å²) in [4.78, 5) is 12.6. The Balaban J connectivity index is 0.00000208. The van der Waals surface area contributed by atoms with Gasteiger partial charge in [-0.25, -0.2) is 12.7 Å². The molecule has 2 bridgehead atoms. The van der Waals surface area contributed by atoms with Crippen molar-refractivity contribution in [1.29, 1.82) is 0 Å². The number of hydrogen-bond acceptors (Lipinski definition) is 4. The molecule has 0 aromatic rings. The van der Waals surface area contributed by atoms with Gasteiger partial charge in [0.15, 0.2) is 0 Å². The standard InChI is InChI=1S/C16H29N3O3S.ClH/c1-23(21,22)19-7-3-6-14(10-19)18-16(20)13-8-11-4-2-5-12(9-13)15(11)17;/h11-15H,2-10,17H2,1H3,(H,18,20);1H. The highest BCUT2D eigenvalue weighted by molar-refractivity contribution is 7.88. The number of sulfonamides is 1. The first-order valence-electron chi connectivity index (χ1n) is 8.85. The van der Waals surface area contributed by atoms with Gasteiger partial charge in [-0.2, -0.15) is 0 Å². The minimum Gasteiger partial charge on any atom is -0.352 e. The van der Waals surface area contributed by atoms with Crippen LogP contribution in [-0.4, -0.2) is 50.1 Å². The van der Waals surface area contributed by atoms with E-state index >= 15 is 0 Å². The number of nitrogens with one attached hydrogen (secondary N) is 1. The number of halogens is 1. The first-order chi connectivity index (χ1) is 10.8. The van der Waals surface area contributed by atoms with Crippen LogP contribution in [-0.2, 0) is 14.8 Å². The second kappa shape index (κ2) is 7.89. The Hall–Kier alpha value is -0.370. The maximum atomic E-state index is 12.6. The number of amides is 1. The van der Waals surface area contributed by atoms with E-state index in [9.17, 15) is 13.2 Å². The highest BCUT2D eigenvalue weighted by Crippen LogP contribution is 2.41. The number of carbonyl (C=O) groups is 1. The molecule has 3 fully saturated rings. The van der Waals surface area contributed by atoms with E-state index in [0.29, 0.717) is 24.9 Å². The molecular formula is C16H30ClN3O3S. The van der Waals surface area contributed by atoms with Crippen molar-refractivity contribution in [3.05, 3.63) is 0 Å². The molecule has 24 heavy (non-hydrogen) atoms. The van der Waals surface area contributed by atoms with Crippen LogP contribution >= 0.6 is 12.4 Å². The van der Waals surface area contributed by atoms with Gasteiger partial charge >= 0.3 is 0 Å². The molecule has 2 aliphatic carbocycles. The van der Waals surface area contributed by atoms with Crippen molar-refractivity contribution in [2.75, 3.05) is 19.3 Å². The lowest BCUT2D eigenvalue weighted by Crippen LogP contribution is -2.53. The molecule has 2 saturated carbocycles. The van der Waals surface area contributed by atoms with Crippen molar-refractivity contribution in [3.63, 3.8) is 0 Å². The molecule has 3 unspecified atom stereocenters. The molecule has 1 amide bonds. The highest BCUT2D eigenvalue weighted by atomic mass is 35.5. The van der Waals surface area contributed by atoms with Gasteiger partial charge in [-0.05, 0) is 50.4 Å². The number of nitrogens with zero attached hydrogens (tertiary/aromatic N) is 1. The highest BCUT2D eigenvalue weighted by Gasteiger charge is 2.41. The second-order valence-corrected chi connectivity index (χ2v) is 9.65. The normalized spacial score (nSPS) is 37.3. The van der Waals surface area contributed by atoms with Crippen LogP contribution in [0, 0.1) is 17.8 Å². The molecule has 0 aromatic carbocycles. The largest absolute Gasteiger partial charge is 0.352 e. The van der Waals surface area contributed by atoms with E-state index in [-0.39, 0.29) is 36.3 Å². The van der Waals surface area contributed by atoms with Crippen LogP contribution in [0.3, 0.4) is 0 Å². The van der Waals surface area contributed by atoms with Crippen molar-refractivity contribution in [1.82, 2.24) is 9.62 Å². The van der Waals surface area contributed by atoms with Gasteiger partial charge in [-0.15, -0.1) is 12.4 Å². The van der Waals surface area contributed by atoms with Crippen LogP contribution in [0.2, 0.25) is 0 Å². The Kier molecular flexibility index (Phi) is 6.56. The Morgan fingerprint density at radius 1 is 1.12 bits per heavy atom. The van der Waals surface area contributed by atoms with E-state index in [4.69, 9.17) is 5.73 Å². The van der Waals surface area contributed by atoms with Gasteiger partial charge in [0.1, 0.15) is 0 Å². The van der Waals surface area contributed by atoms with Gasteiger partial charge < -0.3 is 11.1 Å². The average Bonchev–Trinajstić information content (AvgIpc) is 2.46. The number of fused-ring (bicyclic) bond motifs is 2. The van der Waals surface area contributed by atoms with Crippen molar-refractivity contribution in [2.24, 2.45) is 23.5 Å². The zero-order valence-electron chi connectivity index (χ0n) is 14.3. The maximum absolute atomic E-state index is 12.6. The summed E-state index contributed by atoms with van der Waals surface area (Å²) in [5, 5.41) is 3.11. The van der Waals surface area contributed by atoms with Crippen LogP contribution in [0.15, 0.2) is 0 Å². The van der Waals surface area contributed by atoms with Crippen molar-refractivity contribution < 1.29 is 13.2 Å². The average molecular weight is 380 g/mol. The van der Waals surface area contributed by atoms with E-state index in [1.165, 1.54) is 17.0 Å². The third-order valence-corrected chi connectivity index (χ3v) is 7.25. The van der Waals surface area contributed by atoms with Crippen molar-refractivity contribution >= 4 is 28.3 Å². The Labute approximate surface area is 151 Å².